The zero-order chi connectivity index (χ0) is 26.7. The summed E-state index contributed by atoms with van der Waals surface area (Å²) in [6, 6.07) is 25.3. The van der Waals surface area contributed by atoms with Crippen molar-refractivity contribution in [3.05, 3.63) is 99.5 Å². The lowest BCUT2D eigenvalue weighted by Gasteiger charge is -2.50. The Morgan fingerprint density at radius 1 is 0.925 bits per heavy atom. The first-order valence-corrected chi connectivity index (χ1v) is 14.5. The van der Waals surface area contributed by atoms with E-state index in [1.807, 2.05) is 30.3 Å². The molecule has 3 aromatic rings. The Balaban J connectivity index is 0.00000220. The molecule has 8 heteroatoms. The maximum atomic E-state index is 11.5. The quantitative estimate of drug-likeness (QED) is 0.289. The van der Waals surface area contributed by atoms with Crippen LogP contribution in [0.15, 0.2) is 72.8 Å². The van der Waals surface area contributed by atoms with Crippen LogP contribution in [0.2, 0.25) is 10.0 Å². The lowest BCUT2D eigenvalue weighted by Crippen LogP contribution is -2.57. The van der Waals surface area contributed by atoms with E-state index in [1.54, 1.807) is 7.11 Å². The van der Waals surface area contributed by atoms with E-state index in [-0.39, 0.29) is 24.8 Å². The second kappa shape index (κ2) is 14.6. The molecule has 1 N–H and O–H groups in total. The zero-order valence-electron chi connectivity index (χ0n) is 23.1. The van der Waals surface area contributed by atoms with Crippen LogP contribution in [0.3, 0.4) is 0 Å². The summed E-state index contributed by atoms with van der Waals surface area (Å²) in [5.74, 6) is 1.23. The van der Waals surface area contributed by atoms with Crippen LogP contribution in [0.1, 0.15) is 55.2 Å². The van der Waals surface area contributed by atoms with Crippen LogP contribution in [0.25, 0.3) is 0 Å². The molecule has 4 nitrogen and oxygen atoms in total. The van der Waals surface area contributed by atoms with E-state index in [0.29, 0.717) is 28.0 Å². The van der Waals surface area contributed by atoms with E-state index in [2.05, 4.69) is 59.2 Å². The predicted octanol–water partition coefficient (Wildman–Crippen LogP) is 7.97. The van der Waals surface area contributed by atoms with Gasteiger partial charge in [-0.05, 0) is 80.1 Å². The Kier molecular flexibility index (Phi) is 12.0. The third-order valence-electron chi connectivity index (χ3n) is 8.69. The smallest absolute Gasteiger partial charge is 0.119 e. The molecule has 0 aromatic heterocycles. The molecule has 3 aromatic carbocycles. The summed E-state index contributed by atoms with van der Waals surface area (Å²) >= 11 is 12.8. The normalized spacial score (nSPS) is 22.0. The molecule has 0 bridgehead atoms. The Morgan fingerprint density at radius 2 is 1.65 bits per heavy atom. The number of halogens is 4. The minimum atomic E-state index is -0.757. The predicted molar refractivity (Wildman–Crippen MR) is 171 cm³/mol. The summed E-state index contributed by atoms with van der Waals surface area (Å²) in [4.78, 5) is 5.23. The Bertz CT molecular complexity index is 1220. The molecule has 0 radical (unpaired) electrons. The summed E-state index contributed by atoms with van der Waals surface area (Å²) in [6.07, 6.45) is 3.72. The van der Waals surface area contributed by atoms with Gasteiger partial charge in [0.05, 0.1) is 22.8 Å². The van der Waals surface area contributed by atoms with E-state index >= 15 is 0 Å². The fourth-order valence-electron chi connectivity index (χ4n) is 6.58. The number of ether oxygens (including phenoxy) is 1. The van der Waals surface area contributed by atoms with Gasteiger partial charge in [0.15, 0.2) is 0 Å². The number of rotatable bonds is 7. The highest BCUT2D eigenvalue weighted by Gasteiger charge is 2.42. The first-order chi connectivity index (χ1) is 18.4. The third-order valence-corrected chi connectivity index (χ3v) is 9.43. The van der Waals surface area contributed by atoms with Crippen molar-refractivity contribution in [3.8, 4) is 5.75 Å². The Hall–Kier alpha value is -1.50. The van der Waals surface area contributed by atoms with Gasteiger partial charge in [-0.15, -0.1) is 24.8 Å². The van der Waals surface area contributed by atoms with Crippen molar-refractivity contribution in [2.45, 2.75) is 62.8 Å². The van der Waals surface area contributed by atoms with Gasteiger partial charge in [-0.1, -0.05) is 71.7 Å². The van der Waals surface area contributed by atoms with Gasteiger partial charge in [-0.25, -0.2) is 0 Å². The van der Waals surface area contributed by atoms with Gasteiger partial charge in [0, 0.05) is 37.6 Å². The molecule has 2 aliphatic rings. The van der Waals surface area contributed by atoms with Crippen molar-refractivity contribution in [2.75, 3.05) is 26.7 Å². The maximum Gasteiger partial charge on any atom is 0.119 e. The van der Waals surface area contributed by atoms with Crippen LogP contribution >= 0.6 is 48.0 Å². The monoisotopic (exact) mass is 624 g/mol. The molecular weight excluding hydrogens is 586 g/mol. The van der Waals surface area contributed by atoms with Crippen LogP contribution in [-0.2, 0) is 12.1 Å². The lowest BCUT2D eigenvalue weighted by molar-refractivity contribution is -0.0503. The van der Waals surface area contributed by atoms with Crippen LogP contribution in [-0.4, -0.2) is 53.7 Å². The molecule has 3 unspecified atom stereocenters. The molecule has 5 rings (SSSR count). The van der Waals surface area contributed by atoms with Crippen molar-refractivity contribution in [2.24, 2.45) is 0 Å². The molecule has 0 aliphatic carbocycles. The number of hydrogen-bond acceptors (Lipinski definition) is 4. The molecule has 2 aliphatic heterocycles. The fraction of sp³-hybridized carbons (Fsp3) is 0.438. The molecule has 0 saturated carbocycles. The van der Waals surface area contributed by atoms with Crippen molar-refractivity contribution in [1.82, 2.24) is 9.80 Å². The summed E-state index contributed by atoms with van der Waals surface area (Å²) in [6.45, 7) is 6.01. The van der Waals surface area contributed by atoms with E-state index in [0.717, 1.165) is 63.2 Å². The van der Waals surface area contributed by atoms with Crippen molar-refractivity contribution in [1.29, 1.82) is 0 Å². The average Bonchev–Trinajstić information content (AvgIpc) is 2.95. The number of aliphatic hydroxyl groups is 1. The number of hydrogen-bond donors (Lipinski definition) is 1. The minimum absolute atomic E-state index is 0. The number of piperidine rings is 2. The van der Waals surface area contributed by atoms with Crippen LogP contribution < -0.4 is 4.74 Å². The lowest BCUT2D eigenvalue weighted by atomic mass is 9.78. The van der Waals surface area contributed by atoms with Gasteiger partial charge in [0.1, 0.15) is 5.75 Å². The molecule has 0 spiro atoms. The average molecular weight is 626 g/mol. The fourth-order valence-corrected chi connectivity index (χ4v) is 6.89. The zero-order valence-corrected chi connectivity index (χ0v) is 26.3. The SMILES string of the molecule is COc1cccc(CN2CCCC(c3ccc(Cl)c(Cl)c3)C2C(C)N2CCC(O)(c3ccccc3)CC2)c1.Cl.Cl. The van der Waals surface area contributed by atoms with Gasteiger partial charge >= 0.3 is 0 Å². The minimum Gasteiger partial charge on any atom is -0.497 e. The number of methoxy groups -OCH3 is 1. The van der Waals surface area contributed by atoms with E-state index in [9.17, 15) is 5.11 Å². The standard InChI is InChI=1S/C32H38Cl2N2O2.2ClH/c1-23(35-18-15-32(37,16-19-35)26-9-4-3-5-10-26)31-28(25-13-14-29(33)30(34)21-25)12-7-17-36(31)22-24-8-6-11-27(20-24)38-2;;/h3-6,8-11,13-14,20-21,23,28,31,37H,7,12,15-19,22H2,1-2H3;2*1H. The van der Waals surface area contributed by atoms with Gasteiger partial charge in [-0.3, -0.25) is 9.80 Å². The summed E-state index contributed by atoms with van der Waals surface area (Å²) in [7, 11) is 1.72. The van der Waals surface area contributed by atoms with E-state index in [4.69, 9.17) is 27.9 Å². The first-order valence-electron chi connectivity index (χ1n) is 13.7. The van der Waals surface area contributed by atoms with Gasteiger partial charge in [-0.2, -0.15) is 0 Å². The van der Waals surface area contributed by atoms with Crippen LogP contribution in [0.4, 0.5) is 0 Å². The topological polar surface area (TPSA) is 35.9 Å². The number of likely N-dealkylation sites (tertiary alicyclic amines) is 2. The Labute approximate surface area is 261 Å². The molecule has 40 heavy (non-hydrogen) atoms. The summed E-state index contributed by atoms with van der Waals surface area (Å²) in [5.41, 5.74) is 2.78. The van der Waals surface area contributed by atoms with Gasteiger partial charge in [0.2, 0.25) is 0 Å². The van der Waals surface area contributed by atoms with E-state index in [1.165, 1.54) is 11.1 Å². The molecular formula is C32H40Cl4N2O2. The van der Waals surface area contributed by atoms with Gasteiger partial charge < -0.3 is 9.84 Å². The Morgan fingerprint density at radius 3 is 2.33 bits per heavy atom. The van der Waals surface area contributed by atoms with Crippen molar-refractivity contribution < 1.29 is 9.84 Å². The van der Waals surface area contributed by atoms with Gasteiger partial charge in [0.25, 0.3) is 0 Å². The molecule has 0 amide bonds. The van der Waals surface area contributed by atoms with Crippen LogP contribution in [0.5, 0.6) is 5.75 Å². The molecule has 2 heterocycles. The first kappa shape index (κ1) is 33.0. The largest absolute Gasteiger partial charge is 0.497 e. The maximum absolute atomic E-state index is 11.5. The highest BCUT2D eigenvalue weighted by molar-refractivity contribution is 6.42. The molecule has 218 valence electrons. The number of nitrogens with zero attached hydrogens (tertiary/aromatic N) is 2. The molecule has 2 saturated heterocycles. The highest BCUT2D eigenvalue weighted by Crippen LogP contribution is 2.41. The summed E-state index contributed by atoms with van der Waals surface area (Å²) < 4.78 is 5.51. The second-order valence-corrected chi connectivity index (χ2v) is 11.7. The van der Waals surface area contributed by atoms with Crippen LogP contribution in [0, 0.1) is 0 Å². The molecule has 2 fully saturated rings. The van der Waals surface area contributed by atoms with E-state index < -0.39 is 5.60 Å². The van der Waals surface area contributed by atoms with Crippen molar-refractivity contribution in [3.63, 3.8) is 0 Å². The second-order valence-electron chi connectivity index (χ2n) is 10.9. The third kappa shape index (κ3) is 7.28. The number of benzene rings is 3. The highest BCUT2D eigenvalue weighted by atomic mass is 35.5. The summed E-state index contributed by atoms with van der Waals surface area (Å²) in [5, 5.41) is 12.7. The molecule has 3 atom stereocenters. The van der Waals surface area contributed by atoms with Crippen molar-refractivity contribution >= 4 is 48.0 Å².